The van der Waals surface area contributed by atoms with Gasteiger partial charge in [0.05, 0.1) is 5.69 Å². The zero-order valence-corrected chi connectivity index (χ0v) is 6.33. The monoisotopic (exact) mass is 147 g/mol. The SMILES string of the molecule is [C-]#[N+]c1cc(CC)c(N)cn1. The molecule has 0 aliphatic carbocycles. The Balaban J connectivity index is 3.15. The largest absolute Gasteiger partial charge is 0.396 e. The predicted molar refractivity (Wildman–Crippen MR) is 44.3 cm³/mol. The second-order valence-corrected chi connectivity index (χ2v) is 2.21. The average molecular weight is 147 g/mol. The molecule has 3 heteroatoms. The molecule has 0 unspecified atom stereocenters. The number of hydrogen-bond donors (Lipinski definition) is 1. The van der Waals surface area contributed by atoms with Crippen molar-refractivity contribution in [3.05, 3.63) is 29.2 Å². The number of aromatic nitrogens is 1. The smallest absolute Gasteiger partial charge is 0.269 e. The maximum atomic E-state index is 6.71. The first-order valence-electron chi connectivity index (χ1n) is 3.39. The highest BCUT2D eigenvalue weighted by atomic mass is 14.9. The first kappa shape index (κ1) is 7.55. The van der Waals surface area contributed by atoms with Gasteiger partial charge in [-0.15, -0.1) is 4.98 Å². The number of aryl methyl sites for hydroxylation is 1. The van der Waals surface area contributed by atoms with E-state index in [0.29, 0.717) is 11.5 Å². The molecule has 0 aromatic carbocycles. The van der Waals surface area contributed by atoms with Crippen molar-refractivity contribution in [3.63, 3.8) is 0 Å². The van der Waals surface area contributed by atoms with Crippen LogP contribution in [0, 0.1) is 6.57 Å². The Morgan fingerprint density at radius 2 is 2.45 bits per heavy atom. The third kappa shape index (κ3) is 1.47. The van der Waals surface area contributed by atoms with Crippen molar-refractivity contribution in [2.24, 2.45) is 0 Å². The van der Waals surface area contributed by atoms with Crippen LogP contribution in [-0.2, 0) is 6.42 Å². The van der Waals surface area contributed by atoms with Crippen LogP contribution in [0.25, 0.3) is 4.85 Å². The molecule has 56 valence electrons. The lowest BCUT2D eigenvalue weighted by molar-refractivity contribution is 1.13. The van der Waals surface area contributed by atoms with Crippen molar-refractivity contribution < 1.29 is 0 Å². The average Bonchev–Trinajstić information content (AvgIpc) is 2.05. The van der Waals surface area contributed by atoms with Gasteiger partial charge in [0.25, 0.3) is 5.82 Å². The molecule has 0 saturated carbocycles. The van der Waals surface area contributed by atoms with Crippen molar-refractivity contribution in [2.45, 2.75) is 13.3 Å². The van der Waals surface area contributed by atoms with E-state index in [0.717, 1.165) is 12.0 Å². The van der Waals surface area contributed by atoms with Gasteiger partial charge in [0.15, 0.2) is 0 Å². The molecule has 1 rings (SSSR count). The van der Waals surface area contributed by atoms with Crippen LogP contribution in [0.4, 0.5) is 11.5 Å². The fourth-order valence-electron chi connectivity index (χ4n) is 0.862. The van der Waals surface area contributed by atoms with Crippen LogP contribution >= 0.6 is 0 Å². The third-order valence-electron chi connectivity index (χ3n) is 1.51. The van der Waals surface area contributed by atoms with Gasteiger partial charge in [-0.2, -0.15) is 0 Å². The number of hydrogen-bond acceptors (Lipinski definition) is 2. The summed E-state index contributed by atoms with van der Waals surface area (Å²) >= 11 is 0. The first-order chi connectivity index (χ1) is 5.27. The van der Waals surface area contributed by atoms with Gasteiger partial charge < -0.3 is 10.6 Å². The van der Waals surface area contributed by atoms with E-state index in [2.05, 4.69) is 9.83 Å². The summed E-state index contributed by atoms with van der Waals surface area (Å²) in [6.45, 7) is 8.71. The molecule has 0 aliphatic rings. The minimum Gasteiger partial charge on any atom is -0.396 e. The van der Waals surface area contributed by atoms with E-state index < -0.39 is 0 Å². The molecule has 0 bridgehead atoms. The summed E-state index contributed by atoms with van der Waals surface area (Å²) in [4.78, 5) is 7.03. The number of pyridine rings is 1. The molecule has 1 heterocycles. The first-order valence-corrected chi connectivity index (χ1v) is 3.39. The fraction of sp³-hybridized carbons (Fsp3) is 0.250. The zero-order chi connectivity index (χ0) is 8.27. The maximum absolute atomic E-state index is 6.71. The van der Waals surface area contributed by atoms with Crippen LogP contribution in [0.15, 0.2) is 12.3 Å². The molecule has 2 N–H and O–H groups in total. The number of nitrogen functional groups attached to an aromatic ring is 1. The third-order valence-corrected chi connectivity index (χ3v) is 1.51. The highest BCUT2D eigenvalue weighted by Crippen LogP contribution is 2.16. The lowest BCUT2D eigenvalue weighted by Gasteiger charge is -1.98. The van der Waals surface area contributed by atoms with E-state index in [1.807, 2.05) is 6.92 Å². The maximum Gasteiger partial charge on any atom is 0.269 e. The zero-order valence-electron chi connectivity index (χ0n) is 6.33. The molecule has 0 amide bonds. The molecule has 0 aliphatic heterocycles. The second-order valence-electron chi connectivity index (χ2n) is 2.21. The molecule has 0 atom stereocenters. The van der Waals surface area contributed by atoms with E-state index in [-0.39, 0.29) is 0 Å². The van der Waals surface area contributed by atoms with Crippen molar-refractivity contribution in [2.75, 3.05) is 5.73 Å². The topological polar surface area (TPSA) is 43.3 Å². The minimum absolute atomic E-state index is 0.413. The molecule has 0 radical (unpaired) electrons. The Morgan fingerprint density at radius 3 is 3.00 bits per heavy atom. The summed E-state index contributed by atoms with van der Waals surface area (Å²) in [7, 11) is 0. The van der Waals surface area contributed by atoms with Crippen molar-refractivity contribution in [1.29, 1.82) is 0 Å². The summed E-state index contributed by atoms with van der Waals surface area (Å²) in [5, 5.41) is 0. The van der Waals surface area contributed by atoms with Crippen LogP contribution in [0.1, 0.15) is 12.5 Å². The molecule has 3 nitrogen and oxygen atoms in total. The van der Waals surface area contributed by atoms with E-state index in [1.165, 1.54) is 6.20 Å². The summed E-state index contributed by atoms with van der Waals surface area (Å²) in [5.74, 6) is 0.413. The standard InChI is InChI=1S/C8H9N3/c1-3-6-4-8(10-2)11-5-7(6)9/h4-5H,3,9H2,1H3. The van der Waals surface area contributed by atoms with E-state index >= 15 is 0 Å². The molecule has 0 saturated heterocycles. The number of anilines is 1. The Hall–Kier alpha value is -1.56. The molecule has 1 aromatic rings. The number of nitrogens with two attached hydrogens (primary N) is 1. The number of nitrogens with zero attached hydrogens (tertiary/aromatic N) is 2. The lowest BCUT2D eigenvalue weighted by Crippen LogP contribution is -1.92. The van der Waals surface area contributed by atoms with Crippen LogP contribution in [0.3, 0.4) is 0 Å². The van der Waals surface area contributed by atoms with E-state index in [1.54, 1.807) is 6.07 Å². The summed E-state index contributed by atoms with van der Waals surface area (Å²) < 4.78 is 0. The van der Waals surface area contributed by atoms with Crippen LogP contribution < -0.4 is 5.73 Å². The highest BCUT2D eigenvalue weighted by Gasteiger charge is 1.99. The van der Waals surface area contributed by atoms with Gasteiger partial charge in [-0.05, 0) is 18.1 Å². The summed E-state index contributed by atoms with van der Waals surface area (Å²) in [6, 6.07) is 1.72. The Kier molecular flexibility index (Phi) is 2.07. The summed E-state index contributed by atoms with van der Waals surface area (Å²) in [5.41, 5.74) is 7.25. The van der Waals surface area contributed by atoms with Gasteiger partial charge in [0, 0.05) is 0 Å². The number of rotatable bonds is 1. The summed E-state index contributed by atoms with van der Waals surface area (Å²) in [6.07, 6.45) is 2.38. The van der Waals surface area contributed by atoms with Crippen LogP contribution in [0.2, 0.25) is 0 Å². The minimum atomic E-state index is 0.413. The van der Waals surface area contributed by atoms with Crippen LogP contribution in [0.5, 0.6) is 0 Å². The van der Waals surface area contributed by atoms with Crippen molar-refractivity contribution in [3.8, 4) is 0 Å². The van der Waals surface area contributed by atoms with E-state index in [4.69, 9.17) is 12.3 Å². The van der Waals surface area contributed by atoms with Gasteiger partial charge in [0.2, 0.25) is 0 Å². The molecule has 1 aromatic heterocycles. The molecule has 0 spiro atoms. The van der Waals surface area contributed by atoms with Gasteiger partial charge in [-0.3, -0.25) is 0 Å². The van der Waals surface area contributed by atoms with Crippen molar-refractivity contribution >= 4 is 11.5 Å². The molecule has 0 fully saturated rings. The Bertz CT molecular complexity index is 299. The predicted octanol–water partition coefficient (Wildman–Crippen LogP) is 1.78. The van der Waals surface area contributed by atoms with Crippen LogP contribution in [-0.4, -0.2) is 4.98 Å². The highest BCUT2D eigenvalue weighted by molar-refractivity contribution is 5.51. The fourth-order valence-corrected chi connectivity index (χ4v) is 0.862. The quantitative estimate of drug-likeness (QED) is 0.615. The van der Waals surface area contributed by atoms with Gasteiger partial charge in [-0.1, -0.05) is 13.5 Å². The van der Waals surface area contributed by atoms with Gasteiger partial charge in [-0.25, -0.2) is 0 Å². The molecular formula is C8H9N3. The lowest BCUT2D eigenvalue weighted by atomic mass is 10.2. The second kappa shape index (κ2) is 3.02. The molecule has 11 heavy (non-hydrogen) atoms. The van der Waals surface area contributed by atoms with Crippen molar-refractivity contribution in [1.82, 2.24) is 4.98 Å². The Morgan fingerprint density at radius 1 is 1.73 bits per heavy atom. The van der Waals surface area contributed by atoms with Gasteiger partial charge in [0.1, 0.15) is 6.20 Å². The molecular weight excluding hydrogens is 138 g/mol. The Labute approximate surface area is 65.7 Å². The van der Waals surface area contributed by atoms with E-state index in [9.17, 15) is 0 Å². The van der Waals surface area contributed by atoms with Gasteiger partial charge >= 0.3 is 0 Å². The normalized spacial score (nSPS) is 9.09.